The molecule has 2 aliphatic carbocycles. The molecule has 0 amide bonds. The fourth-order valence-corrected chi connectivity index (χ4v) is 28.4. The zero-order valence-corrected chi connectivity index (χ0v) is 19.3. The summed E-state index contributed by atoms with van der Waals surface area (Å²) in [6, 6.07) is 18.3. The summed E-state index contributed by atoms with van der Waals surface area (Å²) in [5.74, 6) is 0. The van der Waals surface area contributed by atoms with Gasteiger partial charge in [-0.2, -0.15) is 0 Å². The topological polar surface area (TPSA) is 0 Å². The Morgan fingerprint density at radius 1 is 0.640 bits per heavy atom. The van der Waals surface area contributed by atoms with E-state index in [0.29, 0.717) is 0 Å². The number of halogens is 2. The van der Waals surface area contributed by atoms with Gasteiger partial charge in [0.25, 0.3) is 0 Å². The van der Waals surface area contributed by atoms with Gasteiger partial charge in [-0.3, -0.25) is 0 Å². The molecule has 0 spiro atoms. The molecule has 0 bridgehead atoms. The van der Waals surface area contributed by atoms with Crippen LogP contribution >= 0.6 is 0 Å². The Labute approximate surface area is 167 Å². The van der Waals surface area contributed by atoms with Crippen LogP contribution in [0.5, 0.6) is 0 Å². The van der Waals surface area contributed by atoms with Crippen LogP contribution in [0.2, 0.25) is 8.35 Å². The molecule has 0 saturated carbocycles. The molecule has 25 heavy (non-hydrogen) atoms. The van der Waals surface area contributed by atoms with E-state index in [1.54, 1.807) is 19.5 Å². The summed E-state index contributed by atoms with van der Waals surface area (Å²) in [7, 11) is 0. The minimum atomic E-state index is -2.53. The van der Waals surface area contributed by atoms with Crippen molar-refractivity contribution < 1.29 is 44.8 Å². The van der Waals surface area contributed by atoms with E-state index in [-0.39, 0.29) is 24.8 Å². The molecule has 5 rings (SSSR count). The Balaban J connectivity index is 0.000000911. The molecule has 3 heteroatoms. The van der Waals surface area contributed by atoms with Crippen molar-refractivity contribution in [1.29, 1.82) is 0 Å². The van der Waals surface area contributed by atoms with Crippen molar-refractivity contribution >= 4 is 12.2 Å². The Kier molecular flexibility index (Phi) is 5.78. The third-order valence-corrected chi connectivity index (χ3v) is 28.1. The van der Waals surface area contributed by atoms with Gasteiger partial charge in [-0.25, -0.2) is 0 Å². The van der Waals surface area contributed by atoms with Crippen molar-refractivity contribution in [3.8, 4) is 0 Å². The van der Waals surface area contributed by atoms with Crippen LogP contribution in [0.3, 0.4) is 0 Å². The fraction of sp³-hybridized carbons (Fsp3) is 0.273. The molecular formula is C22H22Cl2Hf. The van der Waals surface area contributed by atoms with E-state index in [1.165, 1.54) is 24.0 Å². The molecule has 0 N–H and O–H groups in total. The summed E-state index contributed by atoms with van der Waals surface area (Å²) in [6.07, 6.45) is 12.9. The van der Waals surface area contributed by atoms with Crippen LogP contribution in [-0.4, -0.2) is 0 Å². The summed E-state index contributed by atoms with van der Waals surface area (Å²) < 4.78 is 4.73. The van der Waals surface area contributed by atoms with Gasteiger partial charge in [0.05, 0.1) is 0 Å². The number of hydrogen-bond donors (Lipinski definition) is 0. The molecule has 2 atom stereocenters. The second-order valence-corrected chi connectivity index (χ2v) is 24.3. The van der Waals surface area contributed by atoms with Gasteiger partial charge in [0.15, 0.2) is 0 Å². The van der Waals surface area contributed by atoms with Crippen LogP contribution in [0.4, 0.5) is 0 Å². The van der Waals surface area contributed by atoms with Gasteiger partial charge in [-0.15, -0.1) is 0 Å². The number of rotatable bonds is 2. The Morgan fingerprint density at radius 3 is 1.56 bits per heavy atom. The minimum absolute atomic E-state index is 0. The van der Waals surface area contributed by atoms with Crippen molar-refractivity contribution in [3.05, 3.63) is 82.9 Å². The first-order valence-electron chi connectivity index (χ1n) is 8.93. The van der Waals surface area contributed by atoms with E-state index in [4.69, 9.17) is 0 Å². The standard InChI is InChI=1S/2C9H7.C4H8.2ClH.Hf/c2*1-2-5-9-7-3-6-8(9)4-1;1-3-4-2;;;/h2*1-7H;1-4H2;2*1H;/q;;;;;+2/p-2. The zero-order valence-electron chi connectivity index (χ0n) is 14.2. The van der Waals surface area contributed by atoms with Crippen molar-refractivity contribution in [3.63, 3.8) is 0 Å². The molecule has 0 nitrogen and oxygen atoms in total. The molecule has 1 saturated heterocycles. The smallest absolute Gasteiger partial charge is 1.00 e. The average molecular weight is 536 g/mol. The van der Waals surface area contributed by atoms with Crippen LogP contribution in [0.15, 0.2) is 60.7 Å². The Hall–Kier alpha value is -0.630. The van der Waals surface area contributed by atoms with Crippen LogP contribution in [0, 0.1) is 0 Å². The van der Waals surface area contributed by atoms with Crippen LogP contribution in [-0.2, 0) is 20.0 Å². The first kappa shape index (κ1) is 19.1. The quantitative estimate of drug-likeness (QED) is 0.486. The van der Waals surface area contributed by atoms with E-state index >= 15 is 0 Å². The monoisotopic (exact) mass is 536 g/mol. The van der Waals surface area contributed by atoms with Crippen molar-refractivity contribution in [2.45, 2.75) is 28.5 Å². The normalized spacial score (nSPS) is 23.0. The maximum atomic E-state index is 2.59. The molecule has 1 aliphatic heterocycles. The molecule has 0 radical (unpaired) electrons. The molecular weight excluding hydrogens is 514 g/mol. The van der Waals surface area contributed by atoms with E-state index in [1.807, 2.05) is 0 Å². The number of fused-ring (bicyclic) bond motifs is 2. The summed E-state index contributed by atoms with van der Waals surface area (Å²) in [5.41, 5.74) is 6.26. The molecule has 2 aromatic rings. The molecule has 128 valence electrons. The van der Waals surface area contributed by atoms with E-state index in [0.717, 1.165) is 7.35 Å². The number of hydrogen-bond acceptors (Lipinski definition) is 0. The Morgan fingerprint density at radius 2 is 1.08 bits per heavy atom. The van der Waals surface area contributed by atoms with Crippen LogP contribution < -0.4 is 24.8 Å². The van der Waals surface area contributed by atoms with Gasteiger partial charge in [-0.1, -0.05) is 0 Å². The fourth-order valence-electron chi connectivity index (χ4n) is 5.35. The third kappa shape index (κ3) is 2.93. The first-order valence-corrected chi connectivity index (χ1v) is 18.2. The number of benzene rings is 2. The average Bonchev–Trinajstić information content (AvgIpc) is 3.32. The van der Waals surface area contributed by atoms with Crippen molar-refractivity contribution in [1.82, 2.24) is 0 Å². The van der Waals surface area contributed by atoms with Gasteiger partial charge in [0.1, 0.15) is 0 Å². The molecule has 3 aliphatic rings. The molecule has 2 unspecified atom stereocenters. The Bertz CT molecular complexity index is 755. The third-order valence-electron chi connectivity index (χ3n) is 6.37. The molecule has 2 aromatic carbocycles. The number of allylic oxidation sites excluding steroid dienone is 2. The summed E-state index contributed by atoms with van der Waals surface area (Å²) in [6.45, 7) is 0. The molecule has 0 aromatic heterocycles. The van der Waals surface area contributed by atoms with E-state index in [9.17, 15) is 0 Å². The maximum Gasteiger partial charge on any atom is -1.00 e. The predicted molar refractivity (Wildman–Crippen MR) is 95.3 cm³/mol. The van der Waals surface area contributed by atoms with Gasteiger partial charge in [0.2, 0.25) is 0 Å². The first-order chi connectivity index (χ1) is 11.4. The largest absolute Gasteiger partial charge is 1.00 e. The maximum absolute atomic E-state index is 2.59. The van der Waals surface area contributed by atoms with Crippen LogP contribution in [0.25, 0.3) is 12.2 Å². The van der Waals surface area contributed by atoms with Crippen LogP contribution in [0.1, 0.15) is 42.4 Å². The van der Waals surface area contributed by atoms with Gasteiger partial charge < -0.3 is 24.8 Å². The zero-order chi connectivity index (χ0) is 15.3. The summed E-state index contributed by atoms with van der Waals surface area (Å²) in [5, 5.41) is 0. The minimum Gasteiger partial charge on any atom is -1.00 e. The molecule has 1 fully saturated rings. The van der Waals surface area contributed by atoms with Gasteiger partial charge in [0, 0.05) is 0 Å². The van der Waals surface area contributed by atoms with Crippen molar-refractivity contribution in [2.75, 3.05) is 0 Å². The summed E-state index contributed by atoms with van der Waals surface area (Å²) >= 11 is -2.53. The van der Waals surface area contributed by atoms with E-state index in [2.05, 4.69) is 72.8 Å². The van der Waals surface area contributed by atoms with E-state index < -0.39 is 20.0 Å². The second kappa shape index (κ2) is 7.55. The molecule has 1 heterocycles. The second-order valence-electron chi connectivity index (χ2n) is 7.37. The SMILES string of the molecule is C1=C[CH]([Hf+2]2([CH]3C=Cc4ccccc43)[CH2]CC[CH2]2)c2ccccc21.[Cl-].[Cl-]. The van der Waals surface area contributed by atoms with Gasteiger partial charge >= 0.3 is 144 Å². The van der Waals surface area contributed by atoms with Gasteiger partial charge in [-0.05, 0) is 0 Å². The predicted octanol–water partition coefficient (Wildman–Crippen LogP) is 0.315. The van der Waals surface area contributed by atoms with Crippen molar-refractivity contribution in [2.24, 2.45) is 0 Å². The summed E-state index contributed by atoms with van der Waals surface area (Å²) in [4.78, 5) is 0.